The number of hydrogen-bond donors (Lipinski definition) is 0. The van der Waals surface area contributed by atoms with Gasteiger partial charge < -0.3 is 9.47 Å². The Hall–Kier alpha value is -3.84. The van der Waals surface area contributed by atoms with Crippen LogP contribution in [0.25, 0.3) is 12.2 Å². The van der Waals surface area contributed by atoms with Gasteiger partial charge >= 0.3 is 5.97 Å². The molecule has 0 radical (unpaired) electrons. The first-order chi connectivity index (χ1) is 16.2. The number of unbranched alkanes of at least 4 members (excludes halogenated alkanes) is 4. The molecule has 0 fully saturated rings. The summed E-state index contributed by atoms with van der Waals surface area (Å²) in [5, 5.41) is 8.84. The average molecular weight is 440 g/mol. The minimum Gasteiger partial charge on any atom is -0.494 e. The number of carbonyl (C=O) groups is 1. The van der Waals surface area contributed by atoms with Crippen molar-refractivity contribution in [2.24, 2.45) is 0 Å². The van der Waals surface area contributed by atoms with Crippen LogP contribution in [0.15, 0.2) is 72.8 Å². The predicted molar refractivity (Wildman–Crippen MR) is 132 cm³/mol. The maximum Gasteiger partial charge on any atom is 0.343 e. The summed E-state index contributed by atoms with van der Waals surface area (Å²) in [7, 11) is 0. The van der Waals surface area contributed by atoms with Crippen molar-refractivity contribution in [3.05, 3.63) is 95.1 Å². The monoisotopic (exact) mass is 439 g/mol. The van der Waals surface area contributed by atoms with Crippen LogP contribution in [0.2, 0.25) is 0 Å². The molecule has 3 aromatic carbocycles. The predicted octanol–water partition coefficient (Wildman–Crippen LogP) is 7.30. The summed E-state index contributed by atoms with van der Waals surface area (Å²) < 4.78 is 11.2. The van der Waals surface area contributed by atoms with Gasteiger partial charge in [0.05, 0.1) is 23.8 Å². The van der Waals surface area contributed by atoms with E-state index in [1.54, 1.807) is 36.4 Å². The Labute approximate surface area is 196 Å². The smallest absolute Gasteiger partial charge is 0.343 e. The summed E-state index contributed by atoms with van der Waals surface area (Å²) in [6.07, 6.45) is 10.2. The molecule has 0 saturated heterocycles. The van der Waals surface area contributed by atoms with E-state index in [1.165, 1.54) is 25.7 Å². The van der Waals surface area contributed by atoms with Crippen molar-refractivity contribution in [3.8, 4) is 17.6 Å². The van der Waals surface area contributed by atoms with Gasteiger partial charge in [0.15, 0.2) is 0 Å². The van der Waals surface area contributed by atoms with Crippen LogP contribution in [-0.2, 0) is 0 Å². The van der Waals surface area contributed by atoms with E-state index in [9.17, 15) is 4.79 Å². The lowest BCUT2D eigenvalue weighted by Crippen LogP contribution is -2.08. The van der Waals surface area contributed by atoms with Crippen molar-refractivity contribution in [2.75, 3.05) is 6.61 Å². The van der Waals surface area contributed by atoms with E-state index in [0.717, 1.165) is 29.9 Å². The summed E-state index contributed by atoms with van der Waals surface area (Å²) in [5.74, 6) is 0.871. The molecule has 0 heterocycles. The molecule has 0 atom stereocenters. The molecule has 0 unspecified atom stereocenters. The van der Waals surface area contributed by atoms with Crippen LogP contribution in [0.1, 0.15) is 66.1 Å². The zero-order chi connectivity index (χ0) is 23.3. The first kappa shape index (κ1) is 23.8. The molecule has 0 amide bonds. The van der Waals surface area contributed by atoms with E-state index in [4.69, 9.17) is 14.7 Å². The fourth-order valence-electron chi connectivity index (χ4n) is 3.26. The Balaban J connectivity index is 1.48. The highest BCUT2D eigenvalue weighted by Gasteiger charge is 2.08. The first-order valence-electron chi connectivity index (χ1n) is 11.4. The van der Waals surface area contributed by atoms with E-state index >= 15 is 0 Å². The minimum absolute atomic E-state index is 0.409. The molecule has 33 heavy (non-hydrogen) atoms. The number of carbonyl (C=O) groups excluding carboxylic acids is 1. The third kappa shape index (κ3) is 7.97. The fourth-order valence-corrected chi connectivity index (χ4v) is 3.26. The molecule has 3 aromatic rings. The van der Waals surface area contributed by atoms with Crippen LogP contribution in [0.4, 0.5) is 0 Å². The third-order valence-corrected chi connectivity index (χ3v) is 5.21. The van der Waals surface area contributed by atoms with Crippen LogP contribution in [0.3, 0.4) is 0 Å². The standard InChI is InChI=1S/C29H29NO3/c1-2-3-4-5-6-21-32-27-17-11-24(12-18-27)8-7-23-9-15-26(16-10-23)29(31)33-28-19-13-25(22-30)14-20-28/h7-20H,2-6,21H2,1H3/b8-7+. The number of nitriles is 1. The van der Waals surface area contributed by atoms with Gasteiger partial charge in [-0.1, -0.05) is 69.0 Å². The molecule has 4 heteroatoms. The minimum atomic E-state index is -0.434. The fraction of sp³-hybridized carbons (Fsp3) is 0.241. The van der Waals surface area contributed by atoms with Gasteiger partial charge in [-0.2, -0.15) is 5.26 Å². The molecule has 3 rings (SSSR count). The van der Waals surface area contributed by atoms with E-state index in [0.29, 0.717) is 16.9 Å². The van der Waals surface area contributed by atoms with Crippen LogP contribution in [0.5, 0.6) is 11.5 Å². The molecule has 0 aliphatic carbocycles. The normalized spacial score (nSPS) is 10.7. The second kappa shape index (κ2) is 12.9. The van der Waals surface area contributed by atoms with Gasteiger partial charge in [-0.15, -0.1) is 0 Å². The molecule has 0 aliphatic heterocycles. The molecule has 0 saturated carbocycles. The largest absolute Gasteiger partial charge is 0.494 e. The molecular formula is C29H29NO3. The van der Waals surface area contributed by atoms with Crippen molar-refractivity contribution in [2.45, 2.75) is 39.0 Å². The maximum atomic E-state index is 12.3. The van der Waals surface area contributed by atoms with E-state index in [2.05, 4.69) is 6.92 Å². The topological polar surface area (TPSA) is 59.3 Å². The summed E-state index contributed by atoms with van der Waals surface area (Å²) in [6.45, 7) is 2.98. The van der Waals surface area contributed by atoms with Gasteiger partial charge in [0, 0.05) is 0 Å². The van der Waals surface area contributed by atoms with Crippen molar-refractivity contribution in [1.82, 2.24) is 0 Å². The van der Waals surface area contributed by atoms with Crippen molar-refractivity contribution in [3.63, 3.8) is 0 Å². The molecular weight excluding hydrogens is 410 g/mol. The van der Waals surface area contributed by atoms with E-state index in [1.807, 2.05) is 54.6 Å². The Morgan fingerprint density at radius 3 is 1.97 bits per heavy atom. The maximum absolute atomic E-state index is 12.3. The molecule has 4 nitrogen and oxygen atoms in total. The number of esters is 1. The van der Waals surface area contributed by atoms with Gasteiger partial charge in [-0.05, 0) is 66.1 Å². The summed E-state index contributed by atoms with van der Waals surface area (Å²) in [4.78, 5) is 12.3. The second-order valence-electron chi connectivity index (χ2n) is 7.81. The van der Waals surface area contributed by atoms with Gasteiger partial charge in [0.25, 0.3) is 0 Å². The van der Waals surface area contributed by atoms with Gasteiger partial charge in [-0.3, -0.25) is 0 Å². The number of rotatable bonds is 11. The third-order valence-electron chi connectivity index (χ3n) is 5.21. The van der Waals surface area contributed by atoms with Crippen LogP contribution >= 0.6 is 0 Å². The zero-order valence-electron chi connectivity index (χ0n) is 19.0. The van der Waals surface area contributed by atoms with Gasteiger partial charge in [0.1, 0.15) is 11.5 Å². The summed E-state index contributed by atoms with van der Waals surface area (Å²) in [5.41, 5.74) is 3.05. The average Bonchev–Trinajstić information content (AvgIpc) is 2.86. The van der Waals surface area contributed by atoms with Gasteiger partial charge in [-0.25, -0.2) is 4.79 Å². The van der Waals surface area contributed by atoms with E-state index in [-0.39, 0.29) is 0 Å². The Bertz CT molecular complexity index is 1080. The van der Waals surface area contributed by atoms with Crippen LogP contribution < -0.4 is 9.47 Å². The van der Waals surface area contributed by atoms with Crippen LogP contribution in [-0.4, -0.2) is 12.6 Å². The Morgan fingerprint density at radius 2 is 1.36 bits per heavy atom. The van der Waals surface area contributed by atoms with E-state index < -0.39 is 5.97 Å². The van der Waals surface area contributed by atoms with Crippen molar-refractivity contribution in [1.29, 1.82) is 5.26 Å². The second-order valence-corrected chi connectivity index (χ2v) is 7.81. The molecule has 0 spiro atoms. The quantitative estimate of drug-likeness (QED) is 0.136. The molecule has 0 aromatic heterocycles. The lowest BCUT2D eigenvalue weighted by atomic mass is 10.1. The lowest BCUT2D eigenvalue weighted by molar-refractivity contribution is 0.0734. The number of benzene rings is 3. The summed E-state index contributed by atoms with van der Waals surface area (Å²) >= 11 is 0. The molecule has 168 valence electrons. The number of nitrogens with zero attached hydrogens (tertiary/aromatic N) is 1. The number of ether oxygens (including phenoxy) is 2. The van der Waals surface area contributed by atoms with Crippen molar-refractivity contribution < 1.29 is 14.3 Å². The van der Waals surface area contributed by atoms with Crippen LogP contribution in [0, 0.1) is 11.3 Å². The Morgan fingerprint density at radius 1 is 0.788 bits per heavy atom. The zero-order valence-corrected chi connectivity index (χ0v) is 19.0. The summed E-state index contributed by atoms with van der Waals surface area (Å²) in [6, 6.07) is 23.8. The lowest BCUT2D eigenvalue weighted by Gasteiger charge is -2.06. The number of hydrogen-bond acceptors (Lipinski definition) is 4. The van der Waals surface area contributed by atoms with Crippen molar-refractivity contribution >= 4 is 18.1 Å². The highest BCUT2D eigenvalue weighted by Crippen LogP contribution is 2.17. The Kier molecular flexibility index (Phi) is 9.29. The first-order valence-corrected chi connectivity index (χ1v) is 11.4. The van der Waals surface area contributed by atoms with Gasteiger partial charge in [0.2, 0.25) is 0 Å². The molecule has 0 aliphatic rings. The highest BCUT2D eigenvalue weighted by molar-refractivity contribution is 5.91. The molecule has 0 bridgehead atoms. The molecule has 0 N–H and O–H groups in total. The SMILES string of the molecule is CCCCCCCOc1ccc(/C=C/c2ccc(C(=O)Oc3ccc(C#N)cc3)cc2)cc1. The highest BCUT2D eigenvalue weighted by atomic mass is 16.5.